The van der Waals surface area contributed by atoms with Gasteiger partial charge in [0.25, 0.3) is 0 Å². The highest BCUT2D eigenvalue weighted by molar-refractivity contribution is 5.94. The molecule has 0 radical (unpaired) electrons. The molecule has 3 aromatic carbocycles. The predicted molar refractivity (Wildman–Crippen MR) is 158 cm³/mol. The summed E-state index contributed by atoms with van der Waals surface area (Å²) in [5.74, 6) is 0.609. The van der Waals surface area contributed by atoms with E-state index in [9.17, 15) is 19.5 Å². The molecule has 0 spiro atoms. The Morgan fingerprint density at radius 2 is 1.61 bits per heavy atom. The van der Waals surface area contributed by atoms with Crippen LogP contribution in [-0.2, 0) is 16.1 Å². The number of amides is 2. The number of unbranched alkanes of at least 4 members (excludes halogenated alkanes) is 3. The van der Waals surface area contributed by atoms with Gasteiger partial charge in [-0.15, -0.1) is 0 Å². The first-order valence-corrected chi connectivity index (χ1v) is 14.3. The van der Waals surface area contributed by atoms with Gasteiger partial charge in [0, 0.05) is 30.1 Å². The third-order valence-corrected chi connectivity index (χ3v) is 7.35. The topological polar surface area (TPSA) is 105 Å². The predicted octanol–water partition coefficient (Wildman–Crippen LogP) is 7.21. The first kappa shape index (κ1) is 29.6. The Kier molecular flexibility index (Phi) is 11.2. The molecule has 1 saturated carbocycles. The number of alkyl carbamates (subject to hydrolysis) is 1. The van der Waals surface area contributed by atoms with Crippen molar-refractivity contribution in [1.29, 1.82) is 0 Å². The molecular weight excluding hydrogens is 520 g/mol. The smallest absolute Gasteiger partial charge is 0.412 e. The van der Waals surface area contributed by atoms with Crippen LogP contribution in [0.4, 0.5) is 15.3 Å². The van der Waals surface area contributed by atoms with Crippen molar-refractivity contribution in [3.05, 3.63) is 84.4 Å². The Morgan fingerprint density at radius 3 is 2.29 bits per heavy atom. The number of nitrogens with one attached hydrogen (secondary N) is 1. The van der Waals surface area contributed by atoms with E-state index in [1.54, 1.807) is 0 Å². The number of hydrogen-bond donors (Lipinski definition) is 2. The second-order valence-electron chi connectivity index (χ2n) is 10.3. The number of carbonyl (C=O) groups is 3. The van der Waals surface area contributed by atoms with E-state index in [0.717, 1.165) is 42.2 Å². The highest BCUT2D eigenvalue weighted by Gasteiger charge is 2.32. The maximum Gasteiger partial charge on any atom is 0.412 e. The van der Waals surface area contributed by atoms with E-state index in [1.807, 2.05) is 78.9 Å². The lowest BCUT2D eigenvalue weighted by atomic mass is 9.89. The molecule has 2 N–H and O–H groups in total. The number of ether oxygens (including phenoxy) is 2. The van der Waals surface area contributed by atoms with Gasteiger partial charge >= 0.3 is 12.2 Å². The lowest BCUT2D eigenvalue weighted by Gasteiger charge is -2.36. The van der Waals surface area contributed by atoms with Crippen LogP contribution in [0, 0.1) is 0 Å². The molecule has 1 aliphatic carbocycles. The maximum atomic E-state index is 12.7. The number of benzene rings is 3. The molecule has 0 unspecified atom stereocenters. The average molecular weight is 559 g/mol. The van der Waals surface area contributed by atoms with E-state index >= 15 is 0 Å². The Labute approximate surface area is 241 Å². The highest BCUT2D eigenvalue weighted by atomic mass is 16.5. The van der Waals surface area contributed by atoms with Crippen LogP contribution in [0.25, 0.3) is 11.1 Å². The fraction of sp³-hybridized carbons (Fsp3) is 0.364. The van der Waals surface area contributed by atoms with E-state index < -0.39 is 12.2 Å². The zero-order valence-corrected chi connectivity index (χ0v) is 23.2. The molecule has 1 fully saturated rings. The van der Waals surface area contributed by atoms with Crippen LogP contribution in [0.3, 0.4) is 0 Å². The van der Waals surface area contributed by atoms with Crippen LogP contribution in [0.2, 0.25) is 0 Å². The van der Waals surface area contributed by atoms with Crippen molar-refractivity contribution < 1.29 is 29.0 Å². The number of carbonyl (C=O) groups excluding carboxylic acids is 2. The Bertz CT molecular complexity index is 1260. The summed E-state index contributed by atoms with van der Waals surface area (Å²) in [4.78, 5) is 37.1. The molecule has 3 aromatic rings. The number of rotatable bonds is 13. The molecule has 8 nitrogen and oxygen atoms in total. The van der Waals surface area contributed by atoms with E-state index in [1.165, 1.54) is 4.90 Å². The van der Waals surface area contributed by atoms with Crippen molar-refractivity contribution in [1.82, 2.24) is 5.32 Å². The van der Waals surface area contributed by atoms with Gasteiger partial charge in [-0.2, -0.15) is 0 Å². The molecule has 8 heteroatoms. The first-order valence-electron chi connectivity index (χ1n) is 14.3. The highest BCUT2D eigenvalue weighted by Crippen LogP contribution is 2.38. The van der Waals surface area contributed by atoms with Crippen LogP contribution in [0.15, 0.2) is 78.9 Å². The number of aldehydes is 1. The van der Waals surface area contributed by atoms with Gasteiger partial charge in [0.2, 0.25) is 0 Å². The van der Waals surface area contributed by atoms with Crippen LogP contribution in [0.5, 0.6) is 5.75 Å². The summed E-state index contributed by atoms with van der Waals surface area (Å²) in [5, 5.41) is 13.3. The summed E-state index contributed by atoms with van der Waals surface area (Å²) in [5.41, 5.74) is 3.24. The summed E-state index contributed by atoms with van der Waals surface area (Å²) in [6.07, 6.45) is 5.04. The molecule has 0 bridgehead atoms. The fourth-order valence-electron chi connectivity index (χ4n) is 5.22. The van der Waals surface area contributed by atoms with Gasteiger partial charge in [-0.05, 0) is 68.2 Å². The fourth-order valence-corrected chi connectivity index (χ4v) is 5.22. The molecule has 0 aromatic heterocycles. The molecule has 0 saturated heterocycles. The quantitative estimate of drug-likeness (QED) is 0.170. The Hall–Kier alpha value is -4.33. The van der Waals surface area contributed by atoms with Crippen LogP contribution in [-0.4, -0.2) is 42.3 Å². The second-order valence-corrected chi connectivity index (χ2v) is 10.3. The van der Waals surface area contributed by atoms with E-state index in [0.29, 0.717) is 50.1 Å². The number of nitrogens with zero attached hydrogens (tertiary/aromatic N) is 1. The van der Waals surface area contributed by atoms with Crippen LogP contribution in [0.1, 0.15) is 56.9 Å². The van der Waals surface area contributed by atoms with Gasteiger partial charge in [0.05, 0.1) is 12.3 Å². The largest absolute Gasteiger partial charge is 0.494 e. The van der Waals surface area contributed by atoms with Gasteiger partial charge in [-0.25, -0.2) is 9.59 Å². The van der Waals surface area contributed by atoms with Crippen LogP contribution < -0.4 is 15.0 Å². The normalized spacial score (nSPS) is 16.4. The van der Waals surface area contributed by atoms with Gasteiger partial charge in [-0.3, -0.25) is 4.90 Å². The average Bonchev–Trinajstić information content (AvgIpc) is 3.00. The van der Waals surface area contributed by atoms with E-state index in [2.05, 4.69) is 5.32 Å². The molecule has 0 aliphatic heterocycles. The minimum Gasteiger partial charge on any atom is -0.494 e. The van der Waals surface area contributed by atoms with Crippen molar-refractivity contribution in [2.45, 2.75) is 70.1 Å². The van der Waals surface area contributed by atoms with Gasteiger partial charge in [0.15, 0.2) is 0 Å². The van der Waals surface area contributed by atoms with Crippen molar-refractivity contribution in [2.75, 3.05) is 11.5 Å². The number of hydrogen-bond acceptors (Lipinski definition) is 5. The molecule has 0 heterocycles. The standard InChI is InChI=1S/C33H38N2O6/c36-21-9-1-2-10-22-40-29-19-20-30(26-13-7-4-8-14-26)31(23-29)35(33(38)39)28-17-15-27(16-18-28)34-32(37)41-24-25-11-5-3-6-12-25/h3-8,11-14,19-21,23,27-28H,1-2,9-10,15-18,22,24H2,(H,34,37)(H,38,39)/t27-,28-. The zero-order valence-electron chi connectivity index (χ0n) is 23.2. The first-order chi connectivity index (χ1) is 20.0. The van der Waals surface area contributed by atoms with Gasteiger partial charge in [-0.1, -0.05) is 60.7 Å². The zero-order chi connectivity index (χ0) is 28.9. The number of anilines is 1. The Balaban J connectivity index is 1.42. The minimum atomic E-state index is -1.02. The molecule has 41 heavy (non-hydrogen) atoms. The summed E-state index contributed by atoms with van der Waals surface area (Å²) in [6, 6.07) is 24.5. The molecule has 0 atom stereocenters. The third kappa shape index (κ3) is 8.83. The lowest BCUT2D eigenvalue weighted by Crippen LogP contribution is -2.46. The summed E-state index contributed by atoms with van der Waals surface area (Å²) < 4.78 is 11.3. The van der Waals surface area contributed by atoms with Gasteiger partial charge in [0.1, 0.15) is 18.6 Å². The van der Waals surface area contributed by atoms with Crippen LogP contribution >= 0.6 is 0 Å². The summed E-state index contributed by atoms with van der Waals surface area (Å²) in [7, 11) is 0. The van der Waals surface area contributed by atoms with Gasteiger partial charge < -0.3 is 24.7 Å². The number of carboxylic acid groups (broad SMARTS) is 1. The van der Waals surface area contributed by atoms with E-state index in [-0.39, 0.29) is 18.7 Å². The monoisotopic (exact) mass is 558 g/mol. The molecule has 1 aliphatic rings. The summed E-state index contributed by atoms with van der Waals surface area (Å²) >= 11 is 0. The van der Waals surface area contributed by atoms with Crippen molar-refractivity contribution in [3.8, 4) is 16.9 Å². The molecule has 216 valence electrons. The SMILES string of the molecule is O=CCCCCCOc1ccc(-c2ccccc2)c(N(C(=O)O)[C@H]2CC[C@H](NC(=O)OCc3ccccc3)CC2)c1. The maximum absolute atomic E-state index is 12.7. The minimum absolute atomic E-state index is 0.0763. The summed E-state index contributed by atoms with van der Waals surface area (Å²) in [6.45, 7) is 0.696. The Morgan fingerprint density at radius 1 is 0.902 bits per heavy atom. The van der Waals surface area contributed by atoms with E-state index in [4.69, 9.17) is 9.47 Å². The lowest BCUT2D eigenvalue weighted by molar-refractivity contribution is -0.107. The van der Waals surface area contributed by atoms with Crippen molar-refractivity contribution in [2.24, 2.45) is 0 Å². The molecule has 2 amide bonds. The molecular formula is C33H38N2O6. The second kappa shape index (κ2) is 15.5. The third-order valence-electron chi connectivity index (χ3n) is 7.35. The van der Waals surface area contributed by atoms with Crippen molar-refractivity contribution >= 4 is 24.2 Å². The van der Waals surface area contributed by atoms with Crippen molar-refractivity contribution in [3.63, 3.8) is 0 Å². The molecule has 4 rings (SSSR count).